The number of carbonyl (C=O) groups excluding carboxylic acids is 1. The highest BCUT2D eigenvalue weighted by molar-refractivity contribution is 6.42. The third-order valence-corrected chi connectivity index (χ3v) is 5.75. The van der Waals surface area contributed by atoms with Crippen LogP contribution >= 0.6 is 23.2 Å². The number of halogens is 3. The van der Waals surface area contributed by atoms with E-state index in [1.165, 1.54) is 6.92 Å². The molecule has 0 bridgehead atoms. The van der Waals surface area contributed by atoms with Crippen LogP contribution in [0.4, 0.5) is 10.1 Å². The van der Waals surface area contributed by atoms with Crippen LogP contribution in [0.3, 0.4) is 0 Å². The fourth-order valence-electron chi connectivity index (χ4n) is 3.07. The Morgan fingerprint density at radius 1 is 1.00 bits per heavy atom. The van der Waals surface area contributed by atoms with Gasteiger partial charge in [-0.3, -0.25) is 4.79 Å². The Hall–Kier alpha value is -2.36. The van der Waals surface area contributed by atoms with E-state index in [-0.39, 0.29) is 5.91 Å². The molecule has 150 valence electrons. The van der Waals surface area contributed by atoms with Crippen molar-refractivity contribution in [1.29, 1.82) is 0 Å². The summed E-state index contributed by atoms with van der Waals surface area (Å²) in [6.07, 6.45) is 0.826. The van der Waals surface area contributed by atoms with Crippen LogP contribution in [0.2, 0.25) is 10.0 Å². The minimum Gasteiger partial charge on any atom is -0.322 e. The molecule has 5 heteroatoms. The first-order valence-corrected chi connectivity index (χ1v) is 10.1. The molecule has 0 heterocycles. The maximum atomic E-state index is 15.1. The van der Waals surface area contributed by atoms with Gasteiger partial charge >= 0.3 is 0 Å². The van der Waals surface area contributed by atoms with Gasteiger partial charge in [0.1, 0.15) is 5.67 Å². The molecule has 0 aliphatic rings. The molecule has 1 unspecified atom stereocenters. The molecule has 0 aliphatic carbocycles. The van der Waals surface area contributed by atoms with E-state index in [0.29, 0.717) is 34.0 Å². The van der Waals surface area contributed by atoms with Gasteiger partial charge in [0.25, 0.3) is 5.91 Å². The topological polar surface area (TPSA) is 29.1 Å². The van der Waals surface area contributed by atoms with E-state index in [2.05, 4.69) is 5.32 Å². The zero-order chi connectivity index (χ0) is 21.0. The van der Waals surface area contributed by atoms with E-state index in [1.54, 1.807) is 30.3 Å². The molecule has 0 radical (unpaired) electrons. The van der Waals surface area contributed by atoms with Crippen molar-refractivity contribution >= 4 is 34.8 Å². The van der Waals surface area contributed by atoms with Crippen molar-refractivity contribution in [2.24, 2.45) is 0 Å². The molecular weight excluding hydrogens is 408 g/mol. The van der Waals surface area contributed by atoms with Crippen molar-refractivity contribution in [3.63, 3.8) is 0 Å². The van der Waals surface area contributed by atoms with Crippen LogP contribution in [0.25, 0.3) is 0 Å². The van der Waals surface area contributed by atoms with Crippen molar-refractivity contribution in [2.75, 3.05) is 5.32 Å². The van der Waals surface area contributed by atoms with Crippen molar-refractivity contribution in [1.82, 2.24) is 0 Å². The first kappa shape index (κ1) is 21.4. The lowest BCUT2D eigenvalue weighted by Gasteiger charge is -2.21. The number of hydrogen-bond donors (Lipinski definition) is 1. The lowest BCUT2D eigenvalue weighted by molar-refractivity contribution is 0.102. The molecule has 0 saturated heterocycles. The van der Waals surface area contributed by atoms with Gasteiger partial charge in [-0.15, -0.1) is 0 Å². The van der Waals surface area contributed by atoms with E-state index in [9.17, 15) is 4.79 Å². The first-order valence-electron chi connectivity index (χ1n) is 9.36. The number of alkyl halides is 1. The summed E-state index contributed by atoms with van der Waals surface area (Å²) in [5, 5.41) is 3.66. The van der Waals surface area contributed by atoms with Crippen molar-refractivity contribution in [2.45, 2.75) is 32.4 Å². The molecule has 0 aliphatic heterocycles. The second-order valence-corrected chi connectivity index (χ2v) is 8.11. The predicted octanol–water partition coefficient (Wildman–Crippen LogP) is 7.37. The molecule has 3 aromatic carbocycles. The minimum absolute atomic E-state index is 0.169. The summed E-state index contributed by atoms with van der Waals surface area (Å²) in [4.78, 5) is 12.4. The van der Waals surface area contributed by atoms with Crippen molar-refractivity contribution < 1.29 is 9.18 Å². The van der Waals surface area contributed by atoms with Gasteiger partial charge in [0.2, 0.25) is 0 Å². The molecule has 3 aromatic rings. The number of amides is 1. The Labute approximate surface area is 180 Å². The quantitative estimate of drug-likeness (QED) is 0.435. The molecule has 29 heavy (non-hydrogen) atoms. The van der Waals surface area contributed by atoms with E-state index < -0.39 is 5.67 Å². The molecule has 2 nitrogen and oxygen atoms in total. The van der Waals surface area contributed by atoms with Crippen LogP contribution in [-0.2, 0) is 12.1 Å². The first-order chi connectivity index (χ1) is 13.8. The maximum absolute atomic E-state index is 15.1. The molecule has 1 amide bonds. The van der Waals surface area contributed by atoms with E-state index in [1.807, 2.05) is 43.3 Å². The van der Waals surface area contributed by atoms with Gasteiger partial charge < -0.3 is 5.32 Å². The Kier molecular flexibility index (Phi) is 6.61. The van der Waals surface area contributed by atoms with Crippen LogP contribution < -0.4 is 5.32 Å². The smallest absolute Gasteiger partial charge is 0.255 e. The number of para-hydroxylation sites is 1. The molecule has 3 rings (SSSR count). The van der Waals surface area contributed by atoms with Crippen LogP contribution in [0, 0.1) is 6.92 Å². The SMILES string of the molecule is Cc1ccccc1NC(=O)c1ccc(CCC(C)(F)c2ccc(Cl)c(Cl)c2)cc1. The molecule has 1 atom stereocenters. The number of hydrogen-bond acceptors (Lipinski definition) is 1. The highest BCUT2D eigenvalue weighted by Crippen LogP contribution is 2.34. The average Bonchev–Trinajstić information content (AvgIpc) is 2.70. The summed E-state index contributed by atoms with van der Waals surface area (Å²) < 4.78 is 15.1. The van der Waals surface area contributed by atoms with Crippen LogP contribution in [0.5, 0.6) is 0 Å². The minimum atomic E-state index is -1.53. The highest BCUT2D eigenvalue weighted by Gasteiger charge is 2.26. The molecule has 0 saturated carbocycles. The largest absolute Gasteiger partial charge is 0.322 e. The van der Waals surface area contributed by atoms with Gasteiger partial charge in [0, 0.05) is 11.3 Å². The fraction of sp³-hybridized carbons (Fsp3) is 0.208. The van der Waals surface area contributed by atoms with Gasteiger partial charge in [0.05, 0.1) is 10.0 Å². The third-order valence-electron chi connectivity index (χ3n) is 5.01. The van der Waals surface area contributed by atoms with Crippen LogP contribution in [0.1, 0.15) is 40.4 Å². The Balaban J connectivity index is 1.63. The lowest BCUT2D eigenvalue weighted by atomic mass is 9.91. The summed E-state index contributed by atoms with van der Waals surface area (Å²) >= 11 is 11.9. The predicted molar refractivity (Wildman–Crippen MR) is 119 cm³/mol. The highest BCUT2D eigenvalue weighted by atomic mass is 35.5. The van der Waals surface area contributed by atoms with E-state index in [4.69, 9.17) is 23.2 Å². The lowest BCUT2D eigenvalue weighted by Crippen LogP contribution is -2.16. The Bertz CT molecular complexity index is 1020. The standard InChI is InChI=1S/C24H22Cl2FNO/c1-16-5-3-4-6-22(16)28-23(29)18-9-7-17(8-10-18)13-14-24(2,27)19-11-12-20(25)21(26)15-19/h3-12,15H,13-14H2,1-2H3,(H,28,29). The summed E-state index contributed by atoms with van der Waals surface area (Å²) in [5.41, 5.74) is 2.28. The third kappa shape index (κ3) is 5.37. The van der Waals surface area contributed by atoms with Gasteiger partial charge in [-0.2, -0.15) is 0 Å². The number of benzene rings is 3. The Morgan fingerprint density at radius 2 is 1.69 bits per heavy atom. The molecule has 0 aromatic heterocycles. The average molecular weight is 430 g/mol. The zero-order valence-corrected chi connectivity index (χ0v) is 17.8. The summed E-state index contributed by atoms with van der Waals surface area (Å²) in [6.45, 7) is 3.48. The van der Waals surface area contributed by atoms with Crippen molar-refractivity contribution in [3.8, 4) is 0 Å². The van der Waals surface area contributed by atoms with Gasteiger partial charge in [-0.05, 0) is 73.7 Å². The van der Waals surface area contributed by atoms with E-state index >= 15 is 4.39 Å². The van der Waals surface area contributed by atoms with Gasteiger partial charge in [-0.1, -0.05) is 59.6 Å². The second-order valence-electron chi connectivity index (χ2n) is 7.29. The Morgan fingerprint density at radius 3 is 2.34 bits per heavy atom. The number of aryl methyl sites for hydroxylation is 2. The zero-order valence-electron chi connectivity index (χ0n) is 16.3. The van der Waals surface area contributed by atoms with Gasteiger partial charge in [0.15, 0.2) is 0 Å². The molecule has 1 N–H and O–H groups in total. The van der Waals surface area contributed by atoms with Gasteiger partial charge in [-0.25, -0.2) is 4.39 Å². The maximum Gasteiger partial charge on any atom is 0.255 e. The number of anilines is 1. The molecular formula is C24H22Cl2FNO. The summed E-state index contributed by atoms with van der Waals surface area (Å²) in [7, 11) is 0. The molecule has 0 fully saturated rings. The molecule has 0 spiro atoms. The van der Waals surface area contributed by atoms with Crippen LogP contribution in [0.15, 0.2) is 66.7 Å². The summed E-state index contributed by atoms with van der Waals surface area (Å²) in [6, 6.07) is 19.7. The fourth-order valence-corrected chi connectivity index (χ4v) is 3.37. The number of rotatable bonds is 6. The monoisotopic (exact) mass is 429 g/mol. The number of carbonyl (C=O) groups is 1. The summed E-state index contributed by atoms with van der Waals surface area (Å²) in [5.74, 6) is -0.169. The normalized spacial score (nSPS) is 13.0. The number of nitrogens with one attached hydrogen (secondary N) is 1. The van der Waals surface area contributed by atoms with E-state index in [0.717, 1.165) is 16.8 Å². The van der Waals surface area contributed by atoms with Crippen molar-refractivity contribution in [3.05, 3.63) is 99.0 Å². The van der Waals surface area contributed by atoms with Crippen LogP contribution in [-0.4, -0.2) is 5.91 Å². The second kappa shape index (κ2) is 8.98.